The molecular formula is C25H35NOS. The van der Waals surface area contributed by atoms with Crippen molar-refractivity contribution in [3.63, 3.8) is 0 Å². The van der Waals surface area contributed by atoms with Crippen LogP contribution in [0.2, 0.25) is 0 Å². The van der Waals surface area contributed by atoms with E-state index in [1.165, 1.54) is 12.8 Å². The van der Waals surface area contributed by atoms with Crippen molar-refractivity contribution in [2.75, 3.05) is 5.75 Å². The highest BCUT2D eigenvalue weighted by atomic mass is 32.2. The molecule has 2 atom stereocenters. The zero-order chi connectivity index (χ0) is 19.8. The van der Waals surface area contributed by atoms with Gasteiger partial charge in [-0.05, 0) is 62.2 Å². The number of hydrogen-bond donors (Lipinski definition) is 1. The molecule has 0 radical (unpaired) electrons. The lowest BCUT2D eigenvalue weighted by atomic mass is 9.79. The molecule has 0 spiro atoms. The van der Waals surface area contributed by atoms with E-state index in [2.05, 4.69) is 67.7 Å². The van der Waals surface area contributed by atoms with Gasteiger partial charge in [0.1, 0.15) is 4.75 Å². The first-order chi connectivity index (χ1) is 13.7. The summed E-state index contributed by atoms with van der Waals surface area (Å²) >= 11 is 1.81. The molecule has 0 aromatic heterocycles. The number of carbonyl (C=O) groups is 1. The Morgan fingerprint density at radius 2 is 1.82 bits per heavy atom. The molecule has 2 aliphatic carbocycles. The van der Waals surface area contributed by atoms with Gasteiger partial charge in [0.2, 0.25) is 5.91 Å². The van der Waals surface area contributed by atoms with Crippen LogP contribution in [0.15, 0.2) is 54.6 Å². The van der Waals surface area contributed by atoms with Crippen LogP contribution >= 0.6 is 11.8 Å². The first-order valence-corrected chi connectivity index (χ1v) is 12.0. The van der Waals surface area contributed by atoms with Crippen LogP contribution in [0.5, 0.6) is 0 Å². The van der Waals surface area contributed by atoms with Gasteiger partial charge in [0.25, 0.3) is 0 Å². The predicted molar refractivity (Wildman–Crippen MR) is 121 cm³/mol. The minimum Gasteiger partial charge on any atom is -0.352 e. The third-order valence-electron chi connectivity index (χ3n) is 6.24. The van der Waals surface area contributed by atoms with Crippen LogP contribution in [0.3, 0.4) is 0 Å². The SMILES string of the molecule is CCSC(C(=O)NC1CCC(C)CC1)(c1ccccc1)C1/C=C\C/C=C\CC1. The fraction of sp³-hybridized carbons (Fsp3) is 0.560. The van der Waals surface area contributed by atoms with E-state index in [4.69, 9.17) is 0 Å². The molecule has 1 saturated carbocycles. The quantitative estimate of drug-likeness (QED) is 0.575. The molecule has 152 valence electrons. The fourth-order valence-corrected chi connectivity index (χ4v) is 5.98. The maximum Gasteiger partial charge on any atom is 0.241 e. The summed E-state index contributed by atoms with van der Waals surface area (Å²) in [6, 6.07) is 10.8. The van der Waals surface area contributed by atoms with Gasteiger partial charge in [-0.25, -0.2) is 0 Å². The van der Waals surface area contributed by atoms with Gasteiger partial charge < -0.3 is 5.32 Å². The predicted octanol–water partition coefficient (Wildman–Crippen LogP) is 6.24. The number of nitrogens with one attached hydrogen (secondary N) is 1. The second kappa shape index (κ2) is 10.3. The largest absolute Gasteiger partial charge is 0.352 e. The Balaban J connectivity index is 1.94. The molecule has 1 aromatic rings. The summed E-state index contributed by atoms with van der Waals surface area (Å²) in [4.78, 5) is 13.9. The summed E-state index contributed by atoms with van der Waals surface area (Å²) in [5.74, 6) is 2.12. The molecule has 3 heteroatoms. The van der Waals surface area contributed by atoms with Crippen LogP contribution in [0, 0.1) is 11.8 Å². The smallest absolute Gasteiger partial charge is 0.241 e. The minimum absolute atomic E-state index is 0.201. The molecule has 2 unspecified atom stereocenters. The Bertz CT molecular complexity index is 675. The van der Waals surface area contributed by atoms with Crippen LogP contribution in [0.1, 0.15) is 64.4 Å². The molecule has 0 heterocycles. The zero-order valence-electron chi connectivity index (χ0n) is 17.4. The maximum absolute atomic E-state index is 13.9. The lowest BCUT2D eigenvalue weighted by Crippen LogP contribution is -2.51. The topological polar surface area (TPSA) is 29.1 Å². The van der Waals surface area contributed by atoms with Crippen LogP contribution < -0.4 is 5.32 Å². The van der Waals surface area contributed by atoms with E-state index in [1.807, 2.05) is 17.8 Å². The van der Waals surface area contributed by atoms with Crippen molar-refractivity contribution in [3.05, 3.63) is 60.2 Å². The highest BCUT2D eigenvalue weighted by Gasteiger charge is 2.46. The number of thioether (sulfide) groups is 1. The van der Waals surface area contributed by atoms with Crippen LogP contribution in [0.25, 0.3) is 0 Å². The Labute approximate surface area is 175 Å². The lowest BCUT2D eigenvalue weighted by Gasteiger charge is -2.40. The van der Waals surface area contributed by atoms with Crippen LogP contribution in [-0.4, -0.2) is 17.7 Å². The molecule has 3 rings (SSSR count). The lowest BCUT2D eigenvalue weighted by molar-refractivity contribution is -0.125. The van der Waals surface area contributed by atoms with Crippen LogP contribution in [-0.2, 0) is 9.54 Å². The number of amides is 1. The first-order valence-electron chi connectivity index (χ1n) is 11.0. The van der Waals surface area contributed by atoms with Gasteiger partial charge in [-0.3, -0.25) is 4.79 Å². The number of rotatable bonds is 6. The molecule has 1 aromatic carbocycles. The van der Waals surface area contributed by atoms with Gasteiger partial charge in [-0.15, -0.1) is 11.8 Å². The summed E-state index contributed by atoms with van der Waals surface area (Å²) in [6.07, 6.45) is 16.7. The van der Waals surface area contributed by atoms with Gasteiger partial charge in [-0.1, -0.05) is 68.5 Å². The van der Waals surface area contributed by atoms with Gasteiger partial charge in [0.05, 0.1) is 0 Å². The van der Waals surface area contributed by atoms with E-state index >= 15 is 0 Å². The zero-order valence-corrected chi connectivity index (χ0v) is 18.2. The van der Waals surface area contributed by atoms with Crippen molar-refractivity contribution in [3.8, 4) is 0 Å². The van der Waals surface area contributed by atoms with E-state index in [0.29, 0.717) is 6.04 Å². The van der Waals surface area contributed by atoms with Crippen molar-refractivity contribution in [1.82, 2.24) is 5.32 Å². The standard InChI is InChI=1S/C25H35NOS/c1-3-28-25(22-14-10-7-11-15-22,21-12-8-5-4-6-9-13-21)24(27)26-23-18-16-20(2)17-19-23/h4-5,7,9-11,13-15,20-21,23H,3,6,8,12,16-19H2,1-2H3,(H,26,27)/b5-4-,13-9-. The maximum atomic E-state index is 13.9. The second-order valence-electron chi connectivity index (χ2n) is 8.28. The summed E-state index contributed by atoms with van der Waals surface area (Å²) in [7, 11) is 0. The van der Waals surface area contributed by atoms with Gasteiger partial charge >= 0.3 is 0 Å². The number of carbonyl (C=O) groups excluding carboxylic acids is 1. The minimum atomic E-state index is -0.555. The third kappa shape index (κ3) is 4.92. The molecule has 2 aliphatic rings. The van der Waals surface area contributed by atoms with E-state index in [1.54, 1.807) is 0 Å². The van der Waals surface area contributed by atoms with Gasteiger partial charge in [-0.2, -0.15) is 0 Å². The Hall–Kier alpha value is -1.48. The molecule has 1 amide bonds. The second-order valence-corrected chi connectivity index (χ2v) is 9.79. The number of benzene rings is 1. The van der Waals surface area contributed by atoms with E-state index in [9.17, 15) is 4.79 Å². The third-order valence-corrected chi connectivity index (χ3v) is 7.70. The Morgan fingerprint density at radius 3 is 2.54 bits per heavy atom. The van der Waals surface area contributed by atoms with Crippen molar-refractivity contribution in [2.45, 2.75) is 69.6 Å². The van der Waals surface area contributed by atoms with Gasteiger partial charge in [0, 0.05) is 12.0 Å². The van der Waals surface area contributed by atoms with E-state index in [-0.39, 0.29) is 11.8 Å². The first kappa shape index (κ1) is 21.2. The van der Waals surface area contributed by atoms with Crippen molar-refractivity contribution >= 4 is 17.7 Å². The van der Waals surface area contributed by atoms with E-state index in [0.717, 1.165) is 49.3 Å². The summed E-state index contributed by atoms with van der Waals surface area (Å²) < 4.78 is -0.555. The van der Waals surface area contributed by atoms with E-state index < -0.39 is 4.75 Å². The molecule has 0 saturated heterocycles. The van der Waals surface area contributed by atoms with Crippen molar-refractivity contribution in [2.24, 2.45) is 11.8 Å². The highest BCUT2D eigenvalue weighted by Crippen LogP contribution is 2.47. The average Bonchev–Trinajstić information content (AvgIpc) is 2.69. The molecule has 1 N–H and O–H groups in total. The molecule has 0 aliphatic heterocycles. The molecule has 2 nitrogen and oxygen atoms in total. The summed E-state index contributed by atoms with van der Waals surface area (Å²) in [5.41, 5.74) is 1.14. The number of hydrogen-bond acceptors (Lipinski definition) is 2. The van der Waals surface area contributed by atoms with Gasteiger partial charge in [0.15, 0.2) is 0 Å². The Morgan fingerprint density at radius 1 is 1.07 bits per heavy atom. The molecule has 1 fully saturated rings. The molecule has 0 bridgehead atoms. The van der Waals surface area contributed by atoms with Crippen LogP contribution in [0.4, 0.5) is 0 Å². The Kier molecular flexibility index (Phi) is 7.84. The monoisotopic (exact) mass is 397 g/mol. The van der Waals surface area contributed by atoms with Crippen molar-refractivity contribution < 1.29 is 4.79 Å². The fourth-order valence-electron chi connectivity index (χ4n) is 4.63. The molecular weight excluding hydrogens is 362 g/mol. The normalized spacial score (nSPS) is 29.7. The summed E-state index contributed by atoms with van der Waals surface area (Å²) in [5, 5.41) is 3.49. The highest BCUT2D eigenvalue weighted by molar-refractivity contribution is 8.00. The van der Waals surface area contributed by atoms with Crippen molar-refractivity contribution in [1.29, 1.82) is 0 Å². The molecule has 28 heavy (non-hydrogen) atoms. The summed E-state index contributed by atoms with van der Waals surface area (Å²) in [6.45, 7) is 4.50. The average molecular weight is 398 g/mol. The number of allylic oxidation sites excluding steroid dienone is 4.